The minimum atomic E-state index is -1.05. The van der Waals surface area contributed by atoms with Gasteiger partial charge >= 0.3 is 5.97 Å². The van der Waals surface area contributed by atoms with Gasteiger partial charge < -0.3 is 20.6 Å². The number of carbonyl (C=O) groups excluding carboxylic acids is 2. The third-order valence-corrected chi connectivity index (χ3v) is 6.30. The number of aliphatic carboxylic acids is 1. The van der Waals surface area contributed by atoms with Crippen molar-refractivity contribution in [3.05, 3.63) is 22.4 Å². The Kier molecular flexibility index (Phi) is 3.88. The normalized spacial score (nSPS) is 31.8. The van der Waals surface area contributed by atoms with E-state index in [-0.39, 0.29) is 28.0 Å². The van der Waals surface area contributed by atoms with Crippen LogP contribution in [-0.4, -0.2) is 58.6 Å². The lowest BCUT2D eigenvalue weighted by Crippen LogP contribution is -2.51. The maximum Gasteiger partial charge on any atom is 0.353 e. The zero-order chi connectivity index (χ0) is 16.8. The highest BCUT2D eigenvalue weighted by Crippen LogP contribution is 2.45. The predicted molar refractivity (Wildman–Crippen MR) is 88.0 cm³/mol. The van der Waals surface area contributed by atoms with Crippen LogP contribution in [0.25, 0.3) is 0 Å². The average molecular weight is 349 g/mol. The van der Waals surface area contributed by atoms with E-state index < -0.39 is 5.97 Å². The number of hydrogen-bond donors (Lipinski definition) is 3. The van der Waals surface area contributed by atoms with Crippen LogP contribution in [-0.2, 0) is 14.4 Å². The van der Waals surface area contributed by atoms with E-state index in [1.165, 1.54) is 11.8 Å². The molecule has 4 aliphatic heterocycles. The van der Waals surface area contributed by atoms with Crippen molar-refractivity contribution in [2.24, 2.45) is 5.92 Å². The molecule has 2 atom stereocenters. The maximum atomic E-state index is 12.8. The number of rotatable bonds is 3. The van der Waals surface area contributed by atoms with Gasteiger partial charge in [0.1, 0.15) is 5.70 Å². The summed E-state index contributed by atoms with van der Waals surface area (Å²) in [5, 5.41) is 15.6. The summed E-state index contributed by atoms with van der Waals surface area (Å²) in [5.41, 5.74) is 2.31. The molecule has 3 saturated heterocycles. The molecule has 4 heterocycles. The molecule has 0 bridgehead atoms. The molecule has 128 valence electrons. The molecule has 3 fully saturated rings. The van der Waals surface area contributed by atoms with Crippen LogP contribution in [0.4, 0.5) is 0 Å². The monoisotopic (exact) mass is 349 g/mol. The maximum absolute atomic E-state index is 12.8. The van der Waals surface area contributed by atoms with E-state index in [4.69, 9.17) is 0 Å². The minimum Gasteiger partial charge on any atom is -0.477 e. The Morgan fingerprint density at radius 1 is 1.33 bits per heavy atom. The third kappa shape index (κ3) is 2.44. The Morgan fingerprint density at radius 3 is 2.71 bits per heavy atom. The summed E-state index contributed by atoms with van der Waals surface area (Å²) >= 11 is 1.22. The molecule has 0 aromatic heterocycles. The van der Waals surface area contributed by atoms with Crippen LogP contribution in [0, 0.1) is 5.92 Å². The zero-order valence-corrected chi connectivity index (χ0v) is 13.9. The van der Waals surface area contributed by atoms with Gasteiger partial charge in [-0.05, 0) is 25.0 Å². The Bertz CT molecular complexity index is 691. The Hall–Kier alpha value is -1.80. The molecule has 0 radical (unpaired) electrons. The van der Waals surface area contributed by atoms with Crippen LogP contribution in [0.15, 0.2) is 22.4 Å². The van der Waals surface area contributed by atoms with Crippen LogP contribution < -0.4 is 10.6 Å². The molecule has 8 heteroatoms. The lowest BCUT2D eigenvalue weighted by atomic mass is 9.85. The van der Waals surface area contributed by atoms with E-state index in [0.29, 0.717) is 31.6 Å². The molecular formula is C16H19N3O4S. The fraction of sp³-hybridized carbons (Fsp3) is 0.562. The first kappa shape index (κ1) is 15.7. The topological polar surface area (TPSA) is 98.7 Å². The summed E-state index contributed by atoms with van der Waals surface area (Å²) in [5.74, 6) is -1.22. The van der Waals surface area contributed by atoms with Gasteiger partial charge in [0.05, 0.1) is 10.9 Å². The molecule has 4 rings (SSSR count). The molecule has 24 heavy (non-hydrogen) atoms. The number of nitrogens with zero attached hydrogens (tertiary/aromatic N) is 1. The van der Waals surface area contributed by atoms with Crippen LogP contribution in [0.2, 0.25) is 0 Å². The van der Waals surface area contributed by atoms with E-state index in [1.54, 1.807) is 0 Å². The second-order valence-corrected chi connectivity index (χ2v) is 7.67. The van der Waals surface area contributed by atoms with E-state index in [9.17, 15) is 19.5 Å². The van der Waals surface area contributed by atoms with Gasteiger partial charge in [0.25, 0.3) is 0 Å². The molecule has 0 aromatic rings. The van der Waals surface area contributed by atoms with E-state index >= 15 is 0 Å². The zero-order valence-electron chi connectivity index (χ0n) is 13.1. The van der Waals surface area contributed by atoms with Crippen LogP contribution in [0.3, 0.4) is 0 Å². The van der Waals surface area contributed by atoms with Crippen LogP contribution >= 0.6 is 11.8 Å². The third-order valence-electron chi connectivity index (χ3n) is 5.12. The highest BCUT2D eigenvalue weighted by atomic mass is 32.2. The molecule has 4 aliphatic rings. The fourth-order valence-corrected chi connectivity index (χ4v) is 5.04. The highest BCUT2D eigenvalue weighted by molar-refractivity contribution is 8.14. The van der Waals surface area contributed by atoms with Gasteiger partial charge in [-0.25, -0.2) is 4.79 Å². The molecule has 3 N–H and O–H groups in total. The summed E-state index contributed by atoms with van der Waals surface area (Å²) in [6.45, 7) is 2.60. The van der Waals surface area contributed by atoms with Crippen molar-refractivity contribution in [3.63, 3.8) is 0 Å². The Morgan fingerprint density at radius 2 is 2.17 bits per heavy atom. The Balaban J connectivity index is 1.86. The number of carboxylic acid groups (broad SMARTS) is 1. The van der Waals surface area contributed by atoms with Crippen molar-refractivity contribution in [2.75, 3.05) is 26.2 Å². The summed E-state index contributed by atoms with van der Waals surface area (Å²) in [7, 11) is 0. The SMILES string of the molecule is O=C1CC(/C(C2=C(C(=O)O)N3CCC3SC2=O)=C2/CCNC2)CN1. The standard InChI is InChI=1S/C16H19N3O4S/c20-10-5-9(7-18-10)12(8-1-3-17-6-8)13-14(15(21)22)19-4-2-11(19)24-16(13)23/h9,11,17H,1-7H2,(H,18,20)(H,21,22)/b12-8+. The van der Waals surface area contributed by atoms with Gasteiger partial charge in [-0.1, -0.05) is 17.3 Å². The number of carboxylic acids is 1. The second-order valence-electron chi connectivity index (χ2n) is 6.52. The smallest absolute Gasteiger partial charge is 0.353 e. The molecule has 1 amide bonds. The van der Waals surface area contributed by atoms with Crippen molar-refractivity contribution in [2.45, 2.75) is 24.6 Å². The summed E-state index contributed by atoms with van der Waals surface area (Å²) in [6, 6.07) is 0. The first-order valence-electron chi connectivity index (χ1n) is 8.21. The van der Waals surface area contributed by atoms with Gasteiger partial charge in [-0.15, -0.1) is 0 Å². The molecule has 0 aromatic carbocycles. The van der Waals surface area contributed by atoms with Crippen molar-refractivity contribution in [1.29, 1.82) is 0 Å². The van der Waals surface area contributed by atoms with Gasteiger partial charge in [0.2, 0.25) is 11.0 Å². The van der Waals surface area contributed by atoms with Crippen LogP contribution in [0.5, 0.6) is 0 Å². The van der Waals surface area contributed by atoms with E-state index in [0.717, 1.165) is 30.5 Å². The minimum absolute atomic E-state index is 0.0423. The van der Waals surface area contributed by atoms with Gasteiger partial charge in [-0.3, -0.25) is 9.59 Å². The quantitative estimate of drug-likeness (QED) is 0.662. The molecule has 0 saturated carbocycles. The van der Waals surface area contributed by atoms with Crippen LogP contribution in [0.1, 0.15) is 19.3 Å². The molecular weight excluding hydrogens is 330 g/mol. The summed E-state index contributed by atoms with van der Waals surface area (Å²) in [6.07, 6.45) is 1.94. The first-order valence-corrected chi connectivity index (χ1v) is 9.09. The molecule has 0 spiro atoms. The van der Waals surface area contributed by atoms with E-state index in [1.807, 2.05) is 4.90 Å². The van der Waals surface area contributed by atoms with Gasteiger partial charge in [-0.2, -0.15) is 0 Å². The van der Waals surface area contributed by atoms with Gasteiger partial charge in [0.15, 0.2) is 0 Å². The Labute approximate surface area is 143 Å². The summed E-state index contributed by atoms with van der Waals surface area (Å²) in [4.78, 5) is 38.2. The molecule has 2 unspecified atom stereocenters. The number of amides is 1. The lowest BCUT2D eigenvalue weighted by molar-refractivity contribution is -0.135. The highest BCUT2D eigenvalue weighted by Gasteiger charge is 2.45. The fourth-order valence-electron chi connectivity index (χ4n) is 3.91. The first-order chi connectivity index (χ1) is 11.6. The van der Waals surface area contributed by atoms with E-state index in [2.05, 4.69) is 10.6 Å². The van der Waals surface area contributed by atoms with Crippen molar-refractivity contribution >= 4 is 28.8 Å². The summed E-state index contributed by atoms with van der Waals surface area (Å²) < 4.78 is 0. The van der Waals surface area contributed by atoms with Crippen molar-refractivity contribution in [3.8, 4) is 0 Å². The molecule has 0 aliphatic carbocycles. The number of carbonyl (C=O) groups is 3. The van der Waals surface area contributed by atoms with Crippen molar-refractivity contribution < 1.29 is 19.5 Å². The number of thioether (sulfide) groups is 1. The largest absolute Gasteiger partial charge is 0.477 e. The number of hydrogen-bond acceptors (Lipinski definition) is 6. The van der Waals surface area contributed by atoms with Crippen molar-refractivity contribution in [1.82, 2.24) is 15.5 Å². The number of nitrogens with one attached hydrogen (secondary N) is 2. The average Bonchev–Trinajstić information content (AvgIpc) is 3.17. The molecule has 7 nitrogen and oxygen atoms in total. The predicted octanol–water partition coefficient (Wildman–Crippen LogP) is 0.0563. The number of fused-ring (bicyclic) bond motifs is 1. The lowest BCUT2D eigenvalue weighted by Gasteiger charge is -2.46. The van der Waals surface area contributed by atoms with Gasteiger partial charge in [0, 0.05) is 32.0 Å². The second kappa shape index (κ2) is 5.93.